The number of nitrogens with one attached hydrogen (secondary N) is 2. The summed E-state index contributed by atoms with van der Waals surface area (Å²) in [6, 6.07) is 5.38. The topological polar surface area (TPSA) is 92.7 Å². The number of benzene rings is 1. The molecule has 2 aliphatic heterocycles. The Bertz CT molecular complexity index is 857. The van der Waals surface area contributed by atoms with Crippen LogP contribution in [-0.4, -0.2) is 70.0 Å². The summed E-state index contributed by atoms with van der Waals surface area (Å²) in [4.78, 5) is 13.3. The first kappa shape index (κ1) is 21.5. The summed E-state index contributed by atoms with van der Waals surface area (Å²) in [7, 11) is 0. The first-order valence-corrected chi connectivity index (χ1v) is 11.2. The maximum atomic E-state index is 14.7. The lowest BCUT2D eigenvalue weighted by Gasteiger charge is -2.33. The van der Waals surface area contributed by atoms with Crippen LogP contribution in [0.15, 0.2) is 29.5 Å². The van der Waals surface area contributed by atoms with Crippen molar-refractivity contribution in [3.63, 3.8) is 0 Å². The molecule has 2 saturated heterocycles. The Labute approximate surface area is 182 Å². The van der Waals surface area contributed by atoms with E-state index in [0.717, 1.165) is 49.8 Å². The molecule has 1 aromatic heterocycles. The molecule has 0 aliphatic carbocycles. The number of aliphatic imine (C=N–C) groups is 1. The van der Waals surface area contributed by atoms with Crippen LogP contribution in [0.4, 0.5) is 10.1 Å². The smallest absolute Gasteiger partial charge is 0.194 e. The number of hydrogen-bond acceptors (Lipinski definition) is 5. The van der Waals surface area contributed by atoms with Gasteiger partial charge in [0.15, 0.2) is 5.96 Å². The van der Waals surface area contributed by atoms with E-state index in [1.54, 1.807) is 12.4 Å². The summed E-state index contributed by atoms with van der Waals surface area (Å²) in [5.41, 5.74) is 1.46. The predicted molar refractivity (Wildman–Crippen MR) is 119 cm³/mol. The Kier molecular flexibility index (Phi) is 7.01. The molecule has 3 N–H and O–H groups in total. The van der Waals surface area contributed by atoms with E-state index < -0.39 is 0 Å². The van der Waals surface area contributed by atoms with Crippen LogP contribution in [0, 0.1) is 5.82 Å². The number of likely N-dealkylation sites (tertiary alicyclic amines) is 1. The van der Waals surface area contributed by atoms with Gasteiger partial charge in [-0.05, 0) is 50.3 Å². The zero-order valence-electron chi connectivity index (χ0n) is 18.1. The zero-order chi connectivity index (χ0) is 21.6. The van der Waals surface area contributed by atoms with Crippen molar-refractivity contribution in [1.82, 2.24) is 25.4 Å². The van der Waals surface area contributed by atoms with Gasteiger partial charge in [0.05, 0.1) is 18.3 Å². The lowest BCUT2D eigenvalue weighted by atomic mass is 9.96. The third-order valence-corrected chi connectivity index (χ3v) is 6.18. The Morgan fingerprint density at radius 2 is 2.00 bits per heavy atom. The molecule has 168 valence electrons. The highest BCUT2D eigenvalue weighted by Crippen LogP contribution is 2.26. The molecule has 3 heterocycles. The van der Waals surface area contributed by atoms with Gasteiger partial charge in [0.1, 0.15) is 18.0 Å². The van der Waals surface area contributed by atoms with Gasteiger partial charge in [0.2, 0.25) is 0 Å². The second kappa shape index (κ2) is 10.1. The second-order valence-corrected chi connectivity index (χ2v) is 8.31. The number of H-pyrrole nitrogens is 1. The van der Waals surface area contributed by atoms with Crippen molar-refractivity contribution >= 4 is 11.6 Å². The van der Waals surface area contributed by atoms with Gasteiger partial charge in [-0.15, -0.1) is 0 Å². The molecular formula is C22H32FN7O. The van der Waals surface area contributed by atoms with Gasteiger partial charge in [0.25, 0.3) is 0 Å². The number of aliphatic hydroxyl groups excluding tert-OH is 1. The standard InChI is InChI=1S/C22H32FN7O/c1-2-24-22(30-9-5-17(6-10-30)21-26-15-27-28-21)25-14-16-3-4-20(19(23)13-16)29-11-7-18(31)8-12-29/h3-4,13,15,17-18,31H,2,5-12,14H2,1H3,(H,24,25)(H,26,27,28). The average molecular weight is 430 g/mol. The summed E-state index contributed by atoms with van der Waals surface area (Å²) in [6.45, 7) is 6.43. The van der Waals surface area contributed by atoms with E-state index >= 15 is 0 Å². The van der Waals surface area contributed by atoms with E-state index in [9.17, 15) is 9.50 Å². The maximum absolute atomic E-state index is 14.7. The minimum atomic E-state index is -0.266. The van der Waals surface area contributed by atoms with Gasteiger partial charge in [-0.25, -0.2) is 14.4 Å². The van der Waals surface area contributed by atoms with E-state index in [1.165, 1.54) is 0 Å². The van der Waals surface area contributed by atoms with Crippen LogP contribution in [0.5, 0.6) is 0 Å². The Balaban J connectivity index is 1.37. The van der Waals surface area contributed by atoms with Crippen LogP contribution in [-0.2, 0) is 6.54 Å². The van der Waals surface area contributed by atoms with Crippen molar-refractivity contribution < 1.29 is 9.50 Å². The SMILES string of the molecule is CCNC(=NCc1ccc(N2CCC(O)CC2)c(F)c1)N1CCC(c2ncn[nH]2)CC1. The summed E-state index contributed by atoms with van der Waals surface area (Å²) in [5.74, 6) is 2.01. The molecule has 9 heteroatoms. The number of aliphatic hydroxyl groups is 1. The minimum Gasteiger partial charge on any atom is -0.393 e. The average Bonchev–Trinajstić information content (AvgIpc) is 3.33. The van der Waals surface area contributed by atoms with Crippen molar-refractivity contribution in [2.75, 3.05) is 37.6 Å². The molecule has 4 rings (SSSR count). The fourth-order valence-corrected chi connectivity index (χ4v) is 4.38. The molecule has 0 atom stereocenters. The van der Waals surface area contributed by atoms with Crippen LogP contribution < -0.4 is 10.2 Å². The van der Waals surface area contributed by atoms with Gasteiger partial charge >= 0.3 is 0 Å². The van der Waals surface area contributed by atoms with Crippen LogP contribution in [0.1, 0.15) is 49.9 Å². The maximum Gasteiger partial charge on any atom is 0.194 e. The third kappa shape index (κ3) is 5.33. The van der Waals surface area contributed by atoms with E-state index in [-0.39, 0.29) is 11.9 Å². The molecule has 0 bridgehead atoms. The molecule has 0 spiro atoms. The normalized spacial score (nSPS) is 19.1. The number of aromatic amines is 1. The second-order valence-electron chi connectivity index (χ2n) is 8.31. The van der Waals surface area contributed by atoms with E-state index in [0.29, 0.717) is 44.1 Å². The van der Waals surface area contributed by atoms with E-state index in [4.69, 9.17) is 4.99 Å². The number of piperidine rings is 2. The quantitative estimate of drug-likeness (QED) is 0.499. The number of guanidine groups is 1. The first-order valence-electron chi connectivity index (χ1n) is 11.2. The molecule has 0 unspecified atom stereocenters. The van der Waals surface area contributed by atoms with Gasteiger partial charge < -0.3 is 20.2 Å². The molecule has 2 aromatic rings. The Morgan fingerprint density at radius 3 is 2.65 bits per heavy atom. The lowest BCUT2D eigenvalue weighted by Crippen LogP contribution is -2.45. The monoisotopic (exact) mass is 429 g/mol. The van der Waals surface area contributed by atoms with Crippen LogP contribution in [0.2, 0.25) is 0 Å². The van der Waals surface area contributed by atoms with Gasteiger partial charge in [-0.2, -0.15) is 5.10 Å². The van der Waals surface area contributed by atoms with Gasteiger partial charge in [-0.1, -0.05) is 6.07 Å². The molecule has 0 saturated carbocycles. The molecule has 0 amide bonds. The van der Waals surface area contributed by atoms with E-state index in [2.05, 4.69) is 32.3 Å². The largest absolute Gasteiger partial charge is 0.393 e. The van der Waals surface area contributed by atoms with E-state index in [1.807, 2.05) is 17.0 Å². The fraction of sp³-hybridized carbons (Fsp3) is 0.591. The molecule has 1 aromatic carbocycles. The number of nitrogens with zero attached hydrogens (tertiary/aromatic N) is 5. The van der Waals surface area contributed by atoms with Gasteiger partial charge in [-0.3, -0.25) is 5.10 Å². The number of hydrogen-bond donors (Lipinski definition) is 3. The van der Waals surface area contributed by atoms with Crippen molar-refractivity contribution in [3.05, 3.63) is 41.7 Å². The van der Waals surface area contributed by atoms with Crippen molar-refractivity contribution in [1.29, 1.82) is 0 Å². The zero-order valence-corrected chi connectivity index (χ0v) is 18.1. The highest BCUT2D eigenvalue weighted by Gasteiger charge is 2.24. The first-order chi connectivity index (χ1) is 15.1. The van der Waals surface area contributed by atoms with Crippen LogP contribution in [0.25, 0.3) is 0 Å². The Hall–Kier alpha value is -2.68. The number of rotatable bonds is 5. The highest BCUT2D eigenvalue weighted by molar-refractivity contribution is 5.80. The number of anilines is 1. The van der Waals surface area contributed by atoms with Crippen molar-refractivity contribution in [2.45, 2.75) is 51.2 Å². The molecule has 31 heavy (non-hydrogen) atoms. The summed E-state index contributed by atoms with van der Waals surface area (Å²) in [6.07, 6.45) is 4.65. The predicted octanol–water partition coefficient (Wildman–Crippen LogP) is 2.25. The lowest BCUT2D eigenvalue weighted by molar-refractivity contribution is 0.145. The van der Waals surface area contributed by atoms with Crippen LogP contribution in [0.3, 0.4) is 0 Å². The summed E-state index contributed by atoms with van der Waals surface area (Å²) < 4.78 is 14.7. The Morgan fingerprint density at radius 1 is 1.23 bits per heavy atom. The third-order valence-electron chi connectivity index (χ3n) is 6.18. The summed E-state index contributed by atoms with van der Waals surface area (Å²) >= 11 is 0. The minimum absolute atomic E-state index is 0.220. The molecule has 8 nitrogen and oxygen atoms in total. The molecule has 2 fully saturated rings. The molecule has 2 aliphatic rings. The molecular weight excluding hydrogens is 397 g/mol. The van der Waals surface area contributed by atoms with Crippen LogP contribution >= 0.6 is 0 Å². The number of aromatic nitrogens is 3. The van der Waals surface area contributed by atoms with Crippen molar-refractivity contribution in [2.24, 2.45) is 4.99 Å². The van der Waals surface area contributed by atoms with Crippen molar-refractivity contribution in [3.8, 4) is 0 Å². The fourth-order valence-electron chi connectivity index (χ4n) is 4.38. The number of halogens is 1. The highest BCUT2D eigenvalue weighted by atomic mass is 19.1. The van der Waals surface area contributed by atoms with Gasteiger partial charge in [0, 0.05) is 38.6 Å². The summed E-state index contributed by atoms with van der Waals surface area (Å²) in [5, 5.41) is 20.0. The molecule has 0 radical (unpaired) electrons.